The fraction of sp³-hybridized carbons (Fsp3) is 0.400. The van der Waals surface area contributed by atoms with Crippen molar-refractivity contribution in [3.8, 4) is 0 Å². The summed E-state index contributed by atoms with van der Waals surface area (Å²) >= 11 is 0. The molecule has 0 aliphatic heterocycles. The second-order valence-corrected chi connectivity index (χ2v) is 6.43. The Morgan fingerprint density at radius 1 is 1.04 bits per heavy atom. The van der Waals surface area contributed by atoms with Crippen molar-refractivity contribution >= 4 is 0 Å². The minimum Gasteiger partial charge on any atom is -0.389 e. The van der Waals surface area contributed by atoms with Gasteiger partial charge in [-0.15, -0.1) is 0 Å². The number of hydrogen-bond acceptors (Lipinski definition) is 3. The van der Waals surface area contributed by atoms with E-state index in [4.69, 9.17) is 4.74 Å². The molecule has 0 aromatic heterocycles. The zero-order chi connectivity index (χ0) is 18.2. The Morgan fingerprint density at radius 2 is 1.76 bits per heavy atom. The highest BCUT2D eigenvalue weighted by molar-refractivity contribution is 5.19. The minimum absolute atomic E-state index is 0.0340. The average molecular weight is 349 g/mol. The van der Waals surface area contributed by atoms with Crippen LogP contribution in [0.15, 0.2) is 48.5 Å². The van der Waals surface area contributed by atoms with Crippen LogP contribution in [-0.2, 0) is 17.8 Å². The molecule has 3 nitrogen and oxygen atoms in total. The number of hydrogen-bond donors (Lipinski definition) is 1. The molecule has 1 unspecified atom stereocenters. The van der Waals surface area contributed by atoms with Crippen LogP contribution in [0.3, 0.4) is 0 Å². The fourth-order valence-electron chi connectivity index (χ4n) is 2.57. The Kier molecular flexibility index (Phi) is 7.50. The molecule has 0 fully saturated rings. The number of nitrogens with zero attached hydrogens (tertiary/aromatic N) is 1. The van der Waals surface area contributed by atoms with Crippen LogP contribution in [0, 0.1) is 11.6 Å². The van der Waals surface area contributed by atoms with Crippen LogP contribution >= 0.6 is 0 Å². The van der Waals surface area contributed by atoms with Crippen LogP contribution in [0.5, 0.6) is 0 Å². The zero-order valence-electron chi connectivity index (χ0n) is 14.7. The van der Waals surface area contributed by atoms with Gasteiger partial charge in [0.1, 0.15) is 11.6 Å². The van der Waals surface area contributed by atoms with Gasteiger partial charge in [-0.25, -0.2) is 8.78 Å². The van der Waals surface area contributed by atoms with E-state index in [1.165, 1.54) is 12.1 Å². The van der Waals surface area contributed by atoms with Gasteiger partial charge in [0.15, 0.2) is 0 Å². The molecule has 0 aliphatic rings. The summed E-state index contributed by atoms with van der Waals surface area (Å²) < 4.78 is 32.5. The largest absolute Gasteiger partial charge is 0.389 e. The Labute approximate surface area is 147 Å². The smallest absolute Gasteiger partial charge is 0.130 e. The van der Waals surface area contributed by atoms with Crippen molar-refractivity contribution in [3.05, 3.63) is 71.3 Å². The standard InChI is InChI=1S/C20H25F2NO2/c1-15(2)25-14-19(24)13-23(11-16-6-4-3-5-7-16)12-17-8-9-18(21)10-20(17)22/h3-10,15,19,24H,11-14H2,1-2H3. The molecule has 25 heavy (non-hydrogen) atoms. The lowest BCUT2D eigenvalue weighted by atomic mass is 10.1. The van der Waals surface area contributed by atoms with Crippen molar-refractivity contribution in [1.82, 2.24) is 4.90 Å². The predicted octanol–water partition coefficient (Wildman–Crippen LogP) is 3.75. The van der Waals surface area contributed by atoms with E-state index in [0.29, 0.717) is 18.7 Å². The molecule has 5 heteroatoms. The van der Waals surface area contributed by atoms with E-state index in [1.54, 1.807) is 0 Å². The number of rotatable bonds is 9. The lowest BCUT2D eigenvalue weighted by Crippen LogP contribution is -2.35. The molecule has 0 heterocycles. The van der Waals surface area contributed by atoms with Gasteiger partial charge in [-0.3, -0.25) is 4.90 Å². The van der Waals surface area contributed by atoms with E-state index in [1.807, 2.05) is 49.1 Å². The van der Waals surface area contributed by atoms with Gasteiger partial charge < -0.3 is 9.84 Å². The molecule has 0 aliphatic carbocycles. The number of halogens is 2. The maximum absolute atomic E-state index is 14.0. The minimum atomic E-state index is -0.686. The van der Waals surface area contributed by atoms with E-state index >= 15 is 0 Å². The summed E-state index contributed by atoms with van der Waals surface area (Å²) in [5, 5.41) is 10.2. The van der Waals surface area contributed by atoms with Gasteiger partial charge in [0.2, 0.25) is 0 Å². The molecular weight excluding hydrogens is 324 g/mol. The van der Waals surface area contributed by atoms with E-state index in [0.717, 1.165) is 11.6 Å². The third-order valence-electron chi connectivity index (χ3n) is 3.75. The first-order chi connectivity index (χ1) is 11.9. The zero-order valence-corrected chi connectivity index (χ0v) is 14.7. The molecule has 0 radical (unpaired) electrons. The summed E-state index contributed by atoms with van der Waals surface area (Å²) in [6, 6.07) is 13.3. The number of aliphatic hydroxyl groups excluding tert-OH is 1. The monoisotopic (exact) mass is 349 g/mol. The van der Waals surface area contributed by atoms with Crippen LogP contribution in [0.4, 0.5) is 8.78 Å². The summed E-state index contributed by atoms with van der Waals surface area (Å²) in [5.74, 6) is -1.17. The van der Waals surface area contributed by atoms with Gasteiger partial charge in [0.25, 0.3) is 0 Å². The topological polar surface area (TPSA) is 32.7 Å². The third-order valence-corrected chi connectivity index (χ3v) is 3.75. The average Bonchev–Trinajstić information content (AvgIpc) is 2.56. The summed E-state index contributed by atoms with van der Waals surface area (Å²) in [6.45, 7) is 5.19. The van der Waals surface area contributed by atoms with Crippen LogP contribution in [0.1, 0.15) is 25.0 Å². The molecular formula is C20H25F2NO2. The first kappa shape index (κ1) is 19.5. The van der Waals surface area contributed by atoms with Gasteiger partial charge in [-0.2, -0.15) is 0 Å². The van der Waals surface area contributed by atoms with E-state index < -0.39 is 17.7 Å². The van der Waals surface area contributed by atoms with E-state index in [2.05, 4.69) is 0 Å². The molecule has 136 valence electrons. The Morgan fingerprint density at radius 3 is 2.40 bits per heavy atom. The SMILES string of the molecule is CC(C)OCC(O)CN(Cc1ccccc1)Cc1ccc(F)cc1F. The highest BCUT2D eigenvalue weighted by Crippen LogP contribution is 2.15. The van der Waals surface area contributed by atoms with Gasteiger partial charge in [0.05, 0.1) is 18.8 Å². The van der Waals surface area contributed by atoms with E-state index in [-0.39, 0.29) is 19.3 Å². The maximum Gasteiger partial charge on any atom is 0.130 e. The fourth-order valence-corrected chi connectivity index (χ4v) is 2.57. The van der Waals surface area contributed by atoms with Crippen molar-refractivity contribution in [1.29, 1.82) is 0 Å². The Hall–Kier alpha value is -1.82. The number of benzene rings is 2. The van der Waals surface area contributed by atoms with Gasteiger partial charge in [0, 0.05) is 31.3 Å². The van der Waals surface area contributed by atoms with Gasteiger partial charge in [-0.05, 0) is 25.5 Å². The molecule has 0 saturated heterocycles. The molecule has 0 bridgehead atoms. The van der Waals surface area contributed by atoms with Crippen LogP contribution in [-0.4, -0.2) is 35.4 Å². The maximum atomic E-state index is 14.0. The molecule has 1 atom stereocenters. The second kappa shape index (κ2) is 9.61. The molecule has 2 rings (SSSR count). The summed E-state index contributed by atoms with van der Waals surface area (Å²) in [6.07, 6.45) is -0.651. The number of aliphatic hydroxyl groups is 1. The molecule has 0 amide bonds. The van der Waals surface area contributed by atoms with Crippen molar-refractivity contribution in [3.63, 3.8) is 0 Å². The summed E-state index contributed by atoms with van der Waals surface area (Å²) in [7, 11) is 0. The van der Waals surface area contributed by atoms with Crippen LogP contribution in [0.25, 0.3) is 0 Å². The molecule has 1 N–H and O–H groups in total. The van der Waals surface area contributed by atoms with Crippen molar-refractivity contribution in [2.24, 2.45) is 0 Å². The molecule has 0 saturated carbocycles. The molecule has 0 spiro atoms. The second-order valence-electron chi connectivity index (χ2n) is 6.43. The van der Waals surface area contributed by atoms with E-state index in [9.17, 15) is 13.9 Å². The third kappa shape index (κ3) is 6.90. The lowest BCUT2D eigenvalue weighted by molar-refractivity contribution is -0.0107. The summed E-state index contributed by atoms with van der Waals surface area (Å²) in [4.78, 5) is 1.93. The predicted molar refractivity (Wildman–Crippen MR) is 94.0 cm³/mol. The number of ether oxygens (including phenoxy) is 1. The van der Waals surface area contributed by atoms with Crippen LogP contribution < -0.4 is 0 Å². The van der Waals surface area contributed by atoms with Crippen LogP contribution in [0.2, 0.25) is 0 Å². The highest BCUT2D eigenvalue weighted by atomic mass is 19.1. The summed E-state index contributed by atoms with van der Waals surface area (Å²) in [5.41, 5.74) is 1.45. The van der Waals surface area contributed by atoms with Crippen molar-refractivity contribution in [2.75, 3.05) is 13.2 Å². The first-order valence-electron chi connectivity index (χ1n) is 8.44. The Bertz CT molecular complexity index is 649. The Balaban J connectivity index is 2.07. The first-order valence-corrected chi connectivity index (χ1v) is 8.44. The quantitative estimate of drug-likeness (QED) is 0.748. The molecule has 2 aromatic rings. The lowest BCUT2D eigenvalue weighted by Gasteiger charge is -2.26. The van der Waals surface area contributed by atoms with Gasteiger partial charge in [-0.1, -0.05) is 36.4 Å². The van der Waals surface area contributed by atoms with Crippen molar-refractivity contribution in [2.45, 2.75) is 39.1 Å². The van der Waals surface area contributed by atoms with Gasteiger partial charge >= 0.3 is 0 Å². The normalized spacial score (nSPS) is 12.8. The van der Waals surface area contributed by atoms with Crippen molar-refractivity contribution < 1.29 is 18.6 Å². The highest BCUT2D eigenvalue weighted by Gasteiger charge is 2.16. The molecule has 2 aromatic carbocycles.